The molecule has 2 N–H and O–H groups in total. The molecule has 1 aliphatic heterocycles. The summed E-state index contributed by atoms with van der Waals surface area (Å²) < 4.78 is 13.2. The second-order valence-electron chi connectivity index (χ2n) is 4.23. The smallest absolute Gasteiger partial charge is 0.124 e. The van der Waals surface area contributed by atoms with Gasteiger partial charge in [0, 0.05) is 6.04 Å². The van der Waals surface area contributed by atoms with Crippen molar-refractivity contribution in [3.8, 4) is 5.75 Å². The van der Waals surface area contributed by atoms with E-state index >= 15 is 0 Å². The molecule has 0 aromatic heterocycles. The predicted molar refractivity (Wildman–Crippen MR) is 57.5 cm³/mol. The van der Waals surface area contributed by atoms with Crippen molar-refractivity contribution in [1.29, 1.82) is 0 Å². The summed E-state index contributed by atoms with van der Waals surface area (Å²) in [6, 6.07) is 3.18. The van der Waals surface area contributed by atoms with E-state index in [1.807, 2.05) is 0 Å². The molecule has 1 saturated heterocycles. The van der Waals surface area contributed by atoms with Crippen molar-refractivity contribution in [3.63, 3.8) is 0 Å². The van der Waals surface area contributed by atoms with Gasteiger partial charge < -0.3 is 10.4 Å². The zero-order valence-electron chi connectivity index (χ0n) is 8.89. The first-order valence-corrected chi connectivity index (χ1v) is 5.38. The number of nitrogens with one attached hydrogen (secondary N) is 1. The fourth-order valence-corrected chi connectivity index (χ4v) is 2.16. The van der Waals surface area contributed by atoms with Crippen LogP contribution in [0.25, 0.3) is 0 Å². The van der Waals surface area contributed by atoms with Crippen molar-refractivity contribution in [2.75, 3.05) is 6.54 Å². The van der Waals surface area contributed by atoms with Gasteiger partial charge in [0.15, 0.2) is 0 Å². The molecule has 2 nitrogen and oxygen atoms in total. The van der Waals surface area contributed by atoms with Crippen molar-refractivity contribution >= 4 is 0 Å². The highest BCUT2D eigenvalue weighted by Gasteiger charge is 2.17. The van der Waals surface area contributed by atoms with Crippen molar-refractivity contribution in [1.82, 2.24) is 5.32 Å². The lowest BCUT2D eigenvalue weighted by Gasteiger charge is -2.12. The Morgan fingerprint density at radius 2 is 2.33 bits per heavy atom. The summed E-state index contributed by atoms with van der Waals surface area (Å²) in [7, 11) is 0. The Bertz CT molecular complexity index is 359. The third-order valence-corrected chi connectivity index (χ3v) is 2.97. The van der Waals surface area contributed by atoms with Gasteiger partial charge in [0.1, 0.15) is 11.6 Å². The molecule has 1 heterocycles. The van der Waals surface area contributed by atoms with E-state index < -0.39 is 0 Å². The van der Waals surface area contributed by atoms with Crippen LogP contribution < -0.4 is 5.32 Å². The molecule has 0 saturated carbocycles. The van der Waals surface area contributed by atoms with Crippen molar-refractivity contribution in [2.24, 2.45) is 0 Å². The highest BCUT2D eigenvalue weighted by molar-refractivity contribution is 5.40. The maximum Gasteiger partial charge on any atom is 0.124 e. The van der Waals surface area contributed by atoms with Crippen LogP contribution in [0.4, 0.5) is 4.39 Å². The molecular formula is C12H16FNO. The van der Waals surface area contributed by atoms with Gasteiger partial charge in [-0.2, -0.15) is 0 Å². The monoisotopic (exact) mass is 209 g/mol. The predicted octanol–water partition coefficient (Wildman–Crippen LogP) is 2.13. The molecule has 1 unspecified atom stereocenters. The molecule has 0 bridgehead atoms. The summed E-state index contributed by atoms with van der Waals surface area (Å²) in [4.78, 5) is 0. The number of halogens is 1. The number of hydrogen-bond donors (Lipinski definition) is 2. The van der Waals surface area contributed by atoms with Crippen LogP contribution in [0, 0.1) is 12.7 Å². The fraction of sp³-hybridized carbons (Fsp3) is 0.500. The topological polar surface area (TPSA) is 32.3 Å². The number of aromatic hydroxyl groups is 1. The van der Waals surface area contributed by atoms with E-state index in [1.54, 1.807) is 6.92 Å². The summed E-state index contributed by atoms with van der Waals surface area (Å²) in [5, 5.41) is 13.1. The highest BCUT2D eigenvalue weighted by atomic mass is 19.1. The SMILES string of the molecule is Cc1cc(F)cc(CC2CCCN2)c1O. The second kappa shape index (κ2) is 4.19. The number of aryl methyl sites for hydroxylation is 1. The van der Waals surface area contributed by atoms with E-state index in [0.29, 0.717) is 23.6 Å². The van der Waals surface area contributed by atoms with Gasteiger partial charge in [-0.3, -0.25) is 0 Å². The molecule has 82 valence electrons. The van der Waals surface area contributed by atoms with Gasteiger partial charge in [-0.1, -0.05) is 0 Å². The summed E-state index contributed by atoms with van der Waals surface area (Å²) in [6.07, 6.45) is 2.99. The van der Waals surface area contributed by atoms with Gasteiger partial charge in [0.05, 0.1) is 0 Å². The number of phenolic OH excluding ortho intramolecular Hbond substituents is 1. The van der Waals surface area contributed by atoms with Gasteiger partial charge in [0.2, 0.25) is 0 Å². The Morgan fingerprint density at radius 1 is 1.53 bits per heavy atom. The zero-order chi connectivity index (χ0) is 10.8. The van der Waals surface area contributed by atoms with Crippen LogP contribution in [-0.4, -0.2) is 17.7 Å². The van der Waals surface area contributed by atoms with Crippen LogP contribution in [0.1, 0.15) is 24.0 Å². The maximum atomic E-state index is 13.2. The first kappa shape index (κ1) is 10.4. The van der Waals surface area contributed by atoms with Crippen LogP contribution in [-0.2, 0) is 6.42 Å². The number of hydrogen-bond acceptors (Lipinski definition) is 2. The normalized spacial score (nSPS) is 20.8. The standard InChI is InChI=1S/C12H16FNO/c1-8-5-10(13)6-9(12(8)15)7-11-3-2-4-14-11/h5-6,11,14-15H,2-4,7H2,1H3. The summed E-state index contributed by atoms with van der Waals surface area (Å²) >= 11 is 0. The molecule has 1 aromatic rings. The van der Waals surface area contributed by atoms with Crippen molar-refractivity contribution in [3.05, 3.63) is 29.1 Å². The third-order valence-electron chi connectivity index (χ3n) is 2.97. The van der Waals surface area contributed by atoms with E-state index in [4.69, 9.17) is 0 Å². The number of benzene rings is 1. The second-order valence-corrected chi connectivity index (χ2v) is 4.23. The first-order chi connectivity index (χ1) is 7.16. The number of phenols is 1. The molecule has 0 amide bonds. The molecular weight excluding hydrogens is 193 g/mol. The lowest BCUT2D eigenvalue weighted by molar-refractivity contribution is 0.455. The Morgan fingerprint density at radius 3 is 3.00 bits per heavy atom. The summed E-state index contributed by atoms with van der Waals surface area (Å²) in [5.74, 6) is -0.0246. The van der Waals surface area contributed by atoms with Crippen LogP contribution in [0.3, 0.4) is 0 Å². The Hall–Kier alpha value is -1.09. The quantitative estimate of drug-likeness (QED) is 0.782. The minimum absolute atomic E-state index is 0.241. The molecule has 1 aliphatic rings. The van der Waals surface area contributed by atoms with Gasteiger partial charge in [-0.05, 0) is 56.0 Å². The first-order valence-electron chi connectivity index (χ1n) is 5.38. The van der Waals surface area contributed by atoms with E-state index in [0.717, 1.165) is 13.0 Å². The third kappa shape index (κ3) is 2.29. The highest BCUT2D eigenvalue weighted by Crippen LogP contribution is 2.25. The van der Waals surface area contributed by atoms with Crippen LogP contribution >= 0.6 is 0 Å². The Kier molecular flexibility index (Phi) is 2.91. The Balaban J connectivity index is 2.19. The van der Waals surface area contributed by atoms with E-state index in [-0.39, 0.29) is 11.6 Å². The van der Waals surface area contributed by atoms with E-state index in [9.17, 15) is 9.50 Å². The summed E-state index contributed by atoms with van der Waals surface area (Å²) in [5.41, 5.74) is 1.33. The van der Waals surface area contributed by atoms with Crippen LogP contribution in [0.5, 0.6) is 5.75 Å². The zero-order valence-corrected chi connectivity index (χ0v) is 8.89. The van der Waals surface area contributed by atoms with Crippen molar-refractivity contribution in [2.45, 2.75) is 32.2 Å². The van der Waals surface area contributed by atoms with Crippen LogP contribution in [0.15, 0.2) is 12.1 Å². The summed E-state index contributed by atoms with van der Waals surface area (Å²) in [6.45, 7) is 2.75. The molecule has 1 aromatic carbocycles. The van der Waals surface area contributed by atoms with E-state index in [1.165, 1.54) is 18.6 Å². The molecule has 0 spiro atoms. The average Bonchev–Trinajstić information content (AvgIpc) is 2.66. The molecule has 0 aliphatic carbocycles. The molecule has 15 heavy (non-hydrogen) atoms. The van der Waals surface area contributed by atoms with Crippen LogP contribution in [0.2, 0.25) is 0 Å². The van der Waals surface area contributed by atoms with Gasteiger partial charge in [-0.25, -0.2) is 4.39 Å². The van der Waals surface area contributed by atoms with Gasteiger partial charge >= 0.3 is 0 Å². The lowest BCUT2D eigenvalue weighted by atomic mass is 10.0. The molecule has 1 fully saturated rings. The van der Waals surface area contributed by atoms with E-state index in [2.05, 4.69) is 5.32 Å². The minimum atomic E-state index is -0.265. The minimum Gasteiger partial charge on any atom is -0.507 e. The number of rotatable bonds is 2. The Labute approximate surface area is 89.1 Å². The van der Waals surface area contributed by atoms with Gasteiger partial charge in [-0.15, -0.1) is 0 Å². The van der Waals surface area contributed by atoms with Gasteiger partial charge in [0.25, 0.3) is 0 Å². The lowest BCUT2D eigenvalue weighted by Crippen LogP contribution is -2.23. The molecule has 2 rings (SSSR count). The molecule has 0 radical (unpaired) electrons. The average molecular weight is 209 g/mol. The molecule has 3 heteroatoms. The van der Waals surface area contributed by atoms with Crippen molar-refractivity contribution < 1.29 is 9.50 Å². The molecule has 1 atom stereocenters. The maximum absolute atomic E-state index is 13.2. The fourth-order valence-electron chi connectivity index (χ4n) is 2.16. The largest absolute Gasteiger partial charge is 0.507 e.